The SMILES string of the molecule is CCCCCCCCC#Cc1ccc(-c2ccc(-c3cc(CP(=O)(OCC)OCC)c(-c4ccc(-c5ccc(-c6cc(OCCCCCC)c(-c7ccc(P(=O)(OCC)OCC)s7)cc6OCCCCCC)s5)s4)cc3CC=O)s2)s1. The largest absolute Gasteiger partial charge is 0.493 e. The van der Waals surface area contributed by atoms with E-state index >= 15 is 0 Å². The molecule has 0 spiro atoms. The lowest BCUT2D eigenvalue weighted by Crippen LogP contribution is -2.06. The summed E-state index contributed by atoms with van der Waals surface area (Å²) in [5.74, 6) is 8.29. The number of carbonyl (C=O) groups excluding carboxylic acids is 1. The van der Waals surface area contributed by atoms with Gasteiger partial charge in [0.15, 0.2) is 0 Å². The third-order valence-corrected chi connectivity index (χ3v) is 24.1. The number of hydrogen-bond donors (Lipinski definition) is 0. The molecule has 0 aliphatic carbocycles. The summed E-state index contributed by atoms with van der Waals surface area (Å²) in [5, 5.41) is 0. The molecule has 0 amide bonds. The summed E-state index contributed by atoms with van der Waals surface area (Å²) < 4.78 is 65.8. The van der Waals surface area contributed by atoms with Crippen molar-refractivity contribution in [1.82, 2.24) is 0 Å². The van der Waals surface area contributed by atoms with Crippen molar-refractivity contribution in [2.24, 2.45) is 0 Å². The van der Waals surface area contributed by atoms with Gasteiger partial charge in [-0.25, -0.2) is 0 Å². The topological polar surface area (TPSA) is 107 Å². The first kappa shape index (κ1) is 64.6. The highest BCUT2D eigenvalue weighted by molar-refractivity contribution is 7.69. The van der Waals surface area contributed by atoms with Crippen molar-refractivity contribution in [3.63, 3.8) is 0 Å². The summed E-state index contributed by atoms with van der Waals surface area (Å²) >= 11 is 8.15. The average Bonchev–Trinajstić information content (AvgIpc) is 4.54. The summed E-state index contributed by atoms with van der Waals surface area (Å²) in [6.45, 7) is 16.1. The molecule has 0 bridgehead atoms. The molecule has 436 valence electrons. The van der Waals surface area contributed by atoms with Gasteiger partial charge in [-0.3, -0.25) is 9.13 Å². The van der Waals surface area contributed by atoms with Gasteiger partial charge in [0.05, 0.1) is 50.7 Å². The second kappa shape index (κ2) is 33.5. The van der Waals surface area contributed by atoms with Gasteiger partial charge in [-0.2, -0.15) is 0 Å². The molecule has 16 heteroatoms. The van der Waals surface area contributed by atoms with Crippen LogP contribution in [0.25, 0.3) is 61.3 Å². The van der Waals surface area contributed by atoms with Gasteiger partial charge in [0, 0.05) is 63.0 Å². The highest BCUT2D eigenvalue weighted by Crippen LogP contribution is 2.55. The van der Waals surface area contributed by atoms with Crippen LogP contribution in [0.2, 0.25) is 0 Å². The molecule has 0 fully saturated rings. The Labute approximate surface area is 503 Å². The Hall–Kier alpha value is -3.93. The molecule has 5 heterocycles. The Morgan fingerprint density at radius 3 is 1.41 bits per heavy atom. The van der Waals surface area contributed by atoms with Gasteiger partial charge in [0.2, 0.25) is 0 Å². The second-order valence-corrected chi connectivity index (χ2v) is 29.5. The van der Waals surface area contributed by atoms with E-state index in [1.54, 1.807) is 45.3 Å². The monoisotopic (exact) mass is 1230 g/mol. The second-order valence-electron chi connectivity index (χ2n) is 19.8. The number of aldehydes is 1. The minimum Gasteiger partial charge on any atom is -0.493 e. The van der Waals surface area contributed by atoms with Crippen LogP contribution < -0.4 is 14.1 Å². The lowest BCUT2D eigenvalue weighted by Gasteiger charge is -2.20. The Morgan fingerprint density at radius 2 is 0.877 bits per heavy atom. The van der Waals surface area contributed by atoms with Crippen LogP contribution in [0.3, 0.4) is 0 Å². The number of thiophene rings is 5. The molecule has 7 aromatic rings. The van der Waals surface area contributed by atoms with Crippen LogP contribution >= 0.6 is 71.9 Å². The normalized spacial score (nSPS) is 11.8. The molecule has 0 N–H and O–H groups in total. The molecule has 2 aromatic carbocycles. The predicted octanol–water partition coefficient (Wildman–Crippen LogP) is 21.4. The number of hydrogen-bond acceptors (Lipinski definition) is 14. The molecule has 0 radical (unpaired) electrons. The summed E-state index contributed by atoms with van der Waals surface area (Å²) in [6.07, 6.45) is 18.3. The molecular weight excluding hydrogens is 1150 g/mol. The molecule has 5 aromatic heterocycles. The van der Waals surface area contributed by atoms with Crippen molar-refractivity contribution in [2.75, 3.05) is 39.6 Å². The van der Waals surface area contributed by atoms with E-state index in [1.807, 2.05) is 39.8 Å². The van der Waals surface area contributed by atoms with Crippen molar-refractivity contribution < 1.29 is 41.5 Å². The molecule has 0 aliphatic heterocycles. The first-order valence-corrected chi connectivity index (χ1v) is 36.7. The van der Waals surface area contributed by atoms with Gasteiger partial charge in [0.1, 0.15) is 22.4 Å². The third-order valence-electron chi connectivity index (χ3n) is 13.5. The zero-order valence-corrected chi connectivity index (χ0v) is 54.4. The molecule has 81 heavy (non-hydrogen) atoms. The zero-order chi connectivity index (χ0) is 57.5. The van der Waals surface area contributed by atoms with Crippen LogP contribution in [-0.2, 0) is 44.6 Å². The van der Waals surface area contributed by atoms with E-state index in [9.17, 15) is 13.9 Å². The maximum atomic E-state index is 14.5. The third kappa shape index (κ3) is 18.3. The van der Waals surface area contributed by atoms with Crippen molar-refractivity contribution >= 4 is 82.8 Å². The van der Waals surface area contributed by atoms with E-state index < -0.39 is 15.2 Å². The smallest absolute Gasteiger partial charge is 0.371 e. The maximum Gasteiger partial charge on any atom is 0.371 e. The minimum absolute atomic E-state index is 0.0735. The van der Waals surface area contributed by atoms with Gasteiger partial charge in [0.25, 0.3) is 0 Å². The van der Waals surface area contributed by atoms with Crippen molar-refractivity contribution in [1.29, 1.82) is 0 Å². The molecule has 7 rings (SSSR count). The first-order chi connectivity index (χ1) is 39.5. The van der Waals surface area contributed by atoms with Gasteiger partial charge in [-0.05, 0) is 154 Å². The van der Waals surface area contributed by atoms with Crippen molar-refractivity contribution in [2.45, 2.75) is 157 Å². The maximum absolute atomic E-state index is 14.5. The van der Waals surface area contributed by atoms with Gasteiger partial charge < -0.3 is 32.4 Å². The lowest BCUT2D eigenvalue weighted by molar-refractivity contribution is -0.107. The molecule has 0 aliphatic rings. The van der Waals surface area contributed by atoms with E-state index in [4.69, 9.17) is 27.6 Å². The fraction of sp³-hybridized carbons (Fsp3) is 0.462. The highest BCUT2D eigenvalue weighted by Gasteiger charge is 2.31. The number of ether oxygens (including phenoxy) is 2. The fourth-order valence-corrected chi connectivity index (χ4v) is 18.5. The average molecular weight is 1230 g/mol. The first-order valence-electron chi connectivity index (χ1n) is 29.3. The van der Waals surface area contributed by atoms with E-state index in [0.717, 1.165) is 159 Å². The van der Waals surface area contributed by atoms with Gasteiger partial charge >= 0.3 is 15.2 Å². The number of rotatable bonds is 37. The summed E-state index contributed by atoms with van der Waals surface area (Å²) in [5.41, 5.74) is 5.37. The molecule has 0 saturated heterocycles. The van der Waals surface area contributed by atoms with Crippen LogP contribution in [0, 0.1) is 11.8 Å². The predicted molar refractivity (Wildman–Crippen MR) is 347 cm³/mol. The number of unbranched alkanes of at least 4 members (excludes halogenated alkanes) is 12. The fourth-order valence-electron chi connectivity index (χ4n) is 9.52. The van der Waals surface area contributed by atoms with Gasteiger partial charge in [-0.1, -0.05) is 103 Å². The molecule has 0 atom stereocenters. The molecule has 9 nitrogen and oxygen atoms in total. The Morgan fingerprint density at radius 1 is 0.444 bits per heavy atom. The molecule has 0 saturated carbocycles. The Balaban J connectivity index is 1.24. The van der Waals surface area contributed by atoms with Crippen LogP contribution in [0.15, 0.2) is 84.9 Å². The standard InChI is InChI=1S/C65H82O9P2S5/c1-8-15-18-21-22-23-24-25-28-50-29-30-61(77-50)62-34-31-57(78-62)51-44-49(47-75(67,71-11-4)72-12-5)52(43-48(51)39-40-66)58-32-35-63(79-58)64-36-33-59(80-64)53-45-56(70-42-27-20-17-10-3)54(46-55(53)69-41-26-19-16-9-2)60-37-38-65(81-60)76(68,73-13-6)74-14-7/h29-38,40,43-46H,8-24,26-27,39,41-42,47H2,1-7H3. The Bertz CT molecular complexity index is 3200. The highest BCUT2D eigenvalue weighted by atomic mass is 32.1. The summed E-state index contributed by atoms with van der Waals surface area (Å²) in [6, 6.07) is 29.4. The van der Waals surface area contributed by atoms with E-state index in [1.165, 1.54) is 43.4 Å². The van der Waals surface area contributed by atoms with Crippen LogP contribution in [-0.4, -0.2) is 45.9 Å². The van der Waals surface area contributed by atoms with Crippen LogP contribution in [0.1, 0.15) is 161 Å². The van der Waals surface area contributed by atoms with Crippen LogP contribution in [0.4, 0.5) is 0 Å². The van der Waals surface area contributed by atoms with E-state index in [2.05, 4.69) is 105 Å². The summed E-state index contributed by atoms with van der Waals surface area (Å²) in [7, 11) is -7.07. The van der Waals surface area contributed by atoms with Crippen molar-refractivity contribution in [3.05, 3.63) is 101 Å². The van der Waals surface area contributed by atoms with E-state index in [0.29, 0.717) is 17.8 Å². The van der Waals surface area contributed by atoms with E-state index in [-0.39, 0.29) is 39.0 Å². The van der Waals surface area contributed by atoms with Crippen molar-refractivity contribution in [3.8, 4) is 84.6 Å². The Kier molecular flexibility index (Phi) is 26.8. The van der Waals surface area contributed by atoms with Gasteiger partial charge in [-0.15, -0.1) is 56.7 Å². The number of benzene rings is 2. The van der Waals surface area contributed by atoms with Crippen LogP contribution in [0.5, 0.6) is 11.5 Å². The summed E-state index contributed by atoms with van der Waals surface area (Å²) in [4.78, 5) is 21.9. The molecular formula is C65H82O9P2S5. The number of carbonyl (C=O) groups is 1. The minimum atomic E-state index is -3.56. The lowest BCUT2D eigenvalue weighted by atomic mass is 9.95. The molecule has 0 unspecified atom stereocenters. The quantitative estimate of drug-likeness (QED) is 0.0163. The zero-order valence-electron chi connectivity index (χ0n) is 48.5.